The van der Waals surface area contributed by atoms with Gasteiger partial charge < -0.3 is 9.88 Å². The highest BCUT2D eigenvalue weighted by molar-refractivity contribution is 5.96. The number of carbonyl (C=O) groups excluding carboxylic acids is 1. The number of anilines is 1. The molecule has 112 valence electrons. The molecule has 0 aliphatic heterocycles. The Morgan fingerprint density at radius 2 is 2.14 bits per heavy atom. The normalized spacial score (nSPS) is 17.5. The summed E-state index contributed by atoms with van der Waals surface area (Å²) >= 11 is 0. The zero-order valence-electron chi connectivity index (χ0n) is 12.2. The Kier molecular flexibility index (Phi) is 2.89. The maximum atomic E-state index is 12.6. The molecule has 0 unspecified atom stereocenters. The van der Waals surface area contributed by atoms with Crippen molar-refractivity contribution in [1.29, 1.82) is 0 Å². The summed E-state index contributed by atoms with van der Waals surface area (Å²) in [4.78, 5) is 28.9. The van der Waals surface area contributed by atoms with Gasteiger partial charge in [0.1, 0.15) is 5.82 Å². The highest BCUT2D eigenvalue weighted by atomic mass is 16.2. The number of rotatable bonds is 4. The first-order valence-electron chi connectivity index (χ1n) is 7.66. The molecule has 0 radical (unpaired) electrons. The number of carbonyl (C=O) groups is 1. The molecule has 0 saturated heterocycles. The molecule has 2 aliphatic rings. The Balaban J connectivity index is 1.82. The highest BCUT2D eigenvalue weighted by Crippen LogP contribution is 2.34. The van der Waals surface area contributed by atoms with Gasteiger partial charge in [0, 0.05) is 18.2 Å². The van der Waals surface area contributed by atoms with E-state index in [4.69, 9.17) is 0 Å². The quantitative estimate of drug-likeness (QED) is 0.943. The molecule has 4 rings (SSSR count). The summed E-state index contributed by atoms with van der Waals surface area (Å²) in [6.45, 7) is 3.79. The molecule has 0 spiro atoms. The lowest BCUT2D eigenvalue weighted by atomic mass is 10.1. The molecule has 5 nitrogen and oxygen atoms in total. The lowest BCUT2D eigenvalue weighted by molar-refractivity contribution is -0.117. The van der Waals surface area contributed by atoms with Crippen LogP contribution < -0.4 is 10.9 Å². The third kappa shape index (κ3) is 2.22. The lowest BCUT2D eigenvalue weighted by Crippen LogP contribution is -2.20. The fourth-order valence-electron chi connectivity index (χ4n) is 2.73. The van der Waals surface area contributed by atoms with Gasteiger partial charge in [-0.15, -0.1) is 0 Å². The number of amides is 1. The van der Waals surface area contributed by atoms with Crippen molar-refractivity contribution in [3.8, 4) is 0 Å². The largest absolute Gasteiger partial charge is 0.312 e. The molecule has 2 aromatic heterocycles. The molecule has 2 heterocycles. The summed E-state index contributed by atoms with van der Waals surface area (Å²) in [5.41, 5.74) is 1.30. The van der Waals surface area contributed by atoms with Crippen LogP contribution in [-0.4, -0.2) is 15.5 Å². The predicted octanol–water partition coefficient (Wildman–Crippen LogP) is 2.72. The van der Waals surface area contributed by atoms with Crippen molar-refractivity contribution in [2.75, 3.05) is 5.32 Å². The second-order valence-electron chi connectivity index (χ2n) is 6.08. The van der Waals surface area contributed by atoms with Gasteiger partial charge in [0.15, 0.2) is 0 Å². The van der Waals surface area contributed by atoms with Crippen molar-refractivity contribution in [3.05, 3.63) is 40.8 Å². The Hall–Kier alpha value is -2.43. The van der Waals surface area contributed by atoms with Crippen molar-refractivity contribution in [1.82, 2.24) is 9.55 Å². The first kappa shape index (κ1) is 13.2. The van der Waals surface area contributed by atoms with Crippen LogP contribution in [-0.2, 0) is 4.79 Å². The van der Waals surface area contributed by atoms with Crippen molar-refractivity contribution in [2.45, 2.75) is 31.7 Å². The second-order valence-corrected chi connectivity index (χ2v) is 6.08. The molecule has 2 aliphatic carbocycles. The lowest BCUT2D eigenvalue weighted by Gasteiger charge is -2.10. The third-order valence-corrected chi connectivity index (χ3v) is 4.28. The Morgan fingerprint density at radius 1 is 1.36 bits per heavy atom. The maximum absolute atomic E-state index is 12.6. The van der Waals surface area contributed by atoms with Crippen LogP contribution in [0.5, 0.6) is 0 Å². The molecular formula is C17H17N3O2. The Morgan fingerprint density at radius 3 is 2.77 bits per heavy atom. The Labute approximate surface area is 127 Å². The van der Waals surface area contributed by atoms with E-state index in [1.54, 1.807) is 22.9 Å². The van der Waals surface area contributed by atoms with Gasteiger partial charge in [-0.1, -0.05) is 12.7 Å². The van der Waals surface area contributed by atoms with Gasteiger partial charge in [0.25, 0.3) is 5.56 Å². The zero-order valence-corrected chi connectivity index (χ0v) is 12.2. The topological polar surface area (TPSA) is 64.0 Å². The third-order valence-electron chi connectivity index (χ3n) is 4.28. The molecule has 2 fully saturated rings. The van der Waals surface area contributed by atoms with E-state index in [9.17, 15) is 9.59 Å². The van der Waals surface area contributed by atoms with Crippen molar-refractivity contribution in [2.24, 2.45) is 5.92 Å². The number of pyridine rings is 2. The number of hydrogen-bond acceptors (Lipinski definition) is 3. The summed E-state index contributed by atoms with van der Waals surface area (Å²) in [5.74, 6) is 0.614. The van der Waals surface area contributed by atoms with Gasteiger partial charge in [-0.25, -0.2) is 4.98 Å². The minimum atomic E-state index is -0.0255. The van der Waals surface area contributed by atoms with Gasteiger partial charge in [-0.3, -0.25) is 9.59 Å². The van der Waals surface area contributed by atoms with Crippen LogP contribution in [0.1, 0.15) is 37.3 Å². The monoisotopic (exact) mass is 295 g/mol. The first-order valence-corrected chi connectivity index (χ1v) is 7.66. The van der Waals surface area contributed by atoms with Crippen LogP contribution in [0.25, 0.3) is 17.0 Å². The van der Waals surface area contributed by atoms with E-state index in [0.717, 1.165) is 31.2 Å². The van der Waals surface area contributed by atoms with Gasteiger partial charge in [0.05, 0.1) is 10.9 Å². The molecular weight excluding hydrogens is 278 g/mol. The number of nitrogens with one attached hydrogen (secondary N) is 1. The van der Waals surface area contributed by atoms with Gasteiger partial charge in [-0.05, 0) is 43.4 Å². The molecule has 1 amide bonds. The zero-order chi connectivity index (χ0) is 15.3. The molecule has 1 N–H and O–H groups in total. The van der Waals surface area contributed by atoms with Crippen LogP contribution in [0.3, 0.4) is 0 Å². The van der Waals surface area contributed by atoms with E-state index in [2.05, 4.69) is 16.9 Å². The van der Waals surface area contributed by atoms with Gasteiger partial charge in [-0.2, -0.15) is 0 Å². The second kappa shape index (κ2) is 4.80. The van der Waals surface area contributed by atoms with Crippen molar-refractivity contribution >= 4 is 28.7 Å². The van der Waals surface area contributed by atoms with E-state index in [1.165, 1.54) is 0 Å². The number of nitrogens with zero attached hydrogens (tertiary/aromatic N) is 2. The average molecular weight is 295 g/mol. The fraction of sp³-hybridized carbons (Fsp3) is 0.353. The molecule has 2 saturated carbocycles. The van der Waals surface area contributed by atoms with E-state index < -0.39 is 0 Å². The van der Waals surface area contributed by atoms with E-state index in [0.29, 0.717) is 22.8 Å². The molecule has 0 bridgehead atoms. The number of hydrogen-bond donors (Lipinski definition) is 1. The minimum absolute atomic E-state index is 0.00758. The van der Waals surface area contributed by atoms with Crippen LogP contribution in [0.15, 0.2) is 29.7 Å². The van der Waals surface area contributed by atoms with Gasteiger partial charge in [0.2, 0.25) is 5.91 Å². The van der Waals surface area contributed by atoms with Gasteiger partial charge >= 0.3 is 0 Å². The van der Waals surface area contributed by atoms with Crippen LogP contribution in [0, 0.1) is 5.92 Å². The molecule has 22 heavy (non-hydrogen) atoms. The van der Waals surface area contributed by atoms with E-state index in [1.807, 2.05) is 6.07 Å². The molecule has 0 atom stereocenters. The summed E-state index contributed by atoms with van der Waals surface area (Å²) < 4.78 is 1.78. The van der Waals surface area contributed by atoms with Crippen molar-refractivity contribution in [3.63, 3.8) is 0 Å². The first-order chi connectivity index (χ1) is 10.7. The summed E-state index contributed by atoms with van der Waals surface area (Å²) in [7, 11) is 0. The molecule has 5 heteroatoms. The average Bonchev–Trinajstić information content (AvgIpc) is 3.39. The maximum Gasteiger partial charge on any atom is 0.260 e. The summed E-state index contributed by atoms with van der Waals surface area (Å²) in [6, 6.07) is 3.90. The highest BCUT2D eigenvalue weighted by Gasteiger charge is 2.30. The summed E-state index contributed by atoms with van der Waals surface area (Å²) in [6.07, 6.45) is 7.44. The van der Waals surface area contributed by atoms with Crippen LogP contribution in [0.4, 0.5) is 5.82 Å². The molecule has 0 aromatic carbocycles. The smallest absolute Gasteiger partial charge is 0.260 e. The fourth-order valence-corrected chi connectivity index (χ4v) is 2.73. The van der Waals surface area contributed by atoms with Crippen LogP contribution >= 0.6 is 0 Å². The standard InChI is InChI=1S/C17H17N3O2/c1-2-10-9-14(19-16(21)11-3-4-11)18-13-7-8-20(12-5-6-12)17(22)15(10)13/h2,7-9,11-12H,1,3-6H2,(H,18,19,21). The minimum Gasteiger partial charge on any atom is -0.312 e. The molecule has 2 aromatic rings. The Bertz CT molecular complexity index is 845. The SMILES string of the molecule is C=Cc1cc(NC(=O)C2CC2)nc2ccn(C3CC3)c(=O)c12. The van der Waals surface area contributed by atoms with E-state index in [-0.39, 0.29) is 17.4 Å². The summed E-state index contributed by atoms with van der Waals surface area (Å²) in [5, 5.41) is 3.41. The van der Waals surface area contributed by atoms with E-state index >= 15 is 0 Å². The van der Waals surface area contributed by atoms with Crippen LogP contribution in [0.2, 0.25) is 0 Å². The number of fused-ring (bicyclic) bond motifs is 1. The number of aromatic nitrogens is 2. The predicted molar refractivity (Wildman–Crippen MR) is 85.7 cm³/mol. The van der Waals surface area contributed by atoms with Crippen molar-refractivity contribution < 1.29 is 4.79 Å².